The summed E-state index contributed by atoms with van der Waals surface area (Å²) in [4.78, 5) is 0. The molecular weight excluding hydrogens is 232 g/mol. The average Bonchev–Trinajstić information content (AvgIpc) is 3.22. The van der Waals surface area contributed by atoms with E-state index in [1.807, 2.05) is 12.1 Å². The molecule has 0 radical (unpaired) electrons. The molecule has 0 spiro atoms. The summed E-state index contributed by atoms with van der Waals surface area (Å²) >= 11 is 0. The normalized spacial score (nSPS) is 21.3. The lowest BCUT2D eigenvalue weighted by Gasteiger charge is -2.05. The van der Waals surface area contributed by atoms with Gasteiger partial charge in [0, 0.05) is 17.6 Å². The van der Waals surface area contributed by atoms with Crippen LogP contribution in [0.5, 0.6) is 0 Å². The highest BCUT2D eigenvalue weighted by atomic mass is 15.0. The quantitative estimate of drug-likeness (QED) is 0.803. The number of nitrogen functional groups attached to an aromatic ring is 1. The number of rotatable bonds is 5. The van der Waals surface area contributed by atoms with Gasteiger partial charge in [-0.15, -0.1) is 0 Å². The van der Waals surface area contributed by atoms with E-state index in [9.17, 15) is 0 Å². The molecule has 0 amide bonds. The molecule has 0 aromatic heterocycles. The van der Waals surface area contributed by atoms with Crippen molar-refractivity contribution in [3.05, 3.63) is 65.7 Å². The molecule has 98 valence electrons. The molecule has 0 heterocycles. The number of nitrogens with two attached hydrogens (primary N) is 1. The molecule has 2 atom stereocenters. The number of benzene rings is 2. The Balaban J connectivity index is 1.44. The smallest absolute Gasteiger partial charge is 0.0314 e. The molecule has 2 heteroatoms. The lowest BCUT2D eigenvalue weighted by molar-refractivity contribution is 0.668. The lowest BCUT2D eigenvalue weighted by atomic mass is 10.1. The first kappa shape index (κ1) is 12.2. The SMILES string of the molecule is Nc1ccc(CCNC2CC2c2ccccc2)cc1. The first-order chi connectivity index (χ1) is 9.33. The molecule has 1 aliphatic carbocycles. The Kier molecular flexibility index (Phi) is 3.51. The van der Waals surface area contributed by atoms with E-state index in [2.05, 4.69) is 47.8 Å². The maximum atomic E-state index is 5.68. The van der Waals surface area contributed by atoms with E-state index in [1.54, 1.807) is 0 Å². The molecule has 0 saturated heterocycles. The highest BCUT2D eigenvalue weighted by molar-refractivity contribution is 5.39. The number of hydrogen-bond donors (Lipinski definition) is 2. The molecule has 19 heavy (non-hydrogen) atoms. The molecule has 1 fully saturated rings. The summed E-state index contributed by atoms with van der Waals surface area (Å²) in [5.74, 6) is 0.715. The Morgan fingerprint density at radius 3 is 2.47 bits per heavy atom. The molecule has 2 nitrogen and oxygen atoms in total. The van der Waals surface area contributed by atoms with Crippen LogP contribution in [-0.4, -0.2) is 12.6 Å². The predicted octanol–water partition coefficient (Wildman–Crippen LogP) is 2.96. The third kappa shape index (κ3) is 3.15. The van der Waals surface area contributed by atoms with Gasteiger partial charge in [-0.25, -0.2) is 0 Å². The minimum absolute atomic E-state index is 0.663. The third-order valence-electron chi connectivity index (χ3n) is 3.82. The van der Waals surface area contributed by atoms with Gasteiger partial charge in [0.2, 0.25) is 0 Å². The van der Waals surface area contributed by atoms with Gasteiger partial charge in [0.1, 0.15) is 0 Å². The highest BCUT2D eigenvalue weighted by Crippen LogP contribution is 2.40. The van der Waals surface area contributed by atoms with Crippen molar-refractivity contribution >= 4 is 5.69 Å². The Morgan fingerprint density at radius 2 is 1.74 bits per heavy atom. The first-order valence-electron chi connectivity index (χ1n) is 6.96. The van der Waals surface area contributed by atoms with Gasteiger partial charge in [-0.05, 0) is 42.6 Å². The molecule has 1 aliphatic rings. The van der Waals surface area contributed by atoms with Crippen LogP contribution >= 0.6 is 0 Å². The lowest BCUT2D eigenvalue weighted by Crippen LogP contribution is -2.20. The summed E-state index contributed by atoms with van der Waals surface area (Å²) in [5.41, 5.74) is 9.33. The zero-order valence-electron chi connectivity index (χ0n) is 11.0. The van der Waals surface area contributed by atoms with Crippen molar-refractivity contribution in [3.8, 4) is 0 Å². The second-order valence-electron chi connectivity index (χ2n) is 5.31. The predicted molar refractivity (Wildman–Crippen MR) is 80.1 cm³/mol. The van der Waals surface area contributed by atoms with Gasteiger partial charge in [0.25, 0.3) is 0 Å². The highest BCUT2D eigenvalue weighted by Gasteiger charge is 2.37. The van der Waals surface area contributed by atoms with Crippen LogP contribution in [0.15, 0.2) is 54.6 Å². The molecule has 2 aromatic rings. The van der Waals surface area contributed by atoms with Crippen LogP contribution in [0, 0.1) is 0 Å². The van der Waals surface area contributed by atoms with Gasteiger partial charge in [-0.2, -0.15) is 0 Å². The van der Waals surface area contributed by atoms with Crippen molar-refractivity contribution in [2.75, 3.05) is 12.3 Å². The maximum Gasteiger partial charge on any atom is 0.0314 e. The van der Waals surface area contributed by atoms with Crippen molar-refractivity contribution in [2.24, 2.45) is 0 Å². The van der Waals surface area contributed by atoms with Crippen LogP contribution in [-0.2, 0) is 6.42 Å². The second-order valence-corrected chi connectivity index (χ2v) is 5.31. The topological polar surface area (TPSA) is 38.0 Å². The van der Waals surface area contributed by atoms with Gasteiger partial charge < -0.3 is 11.1 Å². The Morgan fingerprint density at radius 1 is 1.00 bits per heavy atom. The summed E-state index contributed by atoms with van der Waals surface area (Å²) in [7, 11) is 0. The zero-order valence-corrected chi connectivity index (χ0v) is 11.0. The van der Waals surface area contributed by atoms with Gasteiger partial charge in [0.05, 0.1) is 0 Å². The van der Waals surface area contributed by atoms with E-state index in [0.29, 0.717) is 12.0 Å². The van der Waals surface area contributed by atoms with E-state index < -0.39 is 0 Å². The first-order valence-corrected chi connectivity index (χ1v) is 6.96. The molecule has 0 bridgehead atoms. The molecule has 2 aromatic carbocycles. The number of nitrogens with one attached hydrogen (secondary N) is 1. The summed E-state index contributed by atoms with van der Waals surface area (Å²) in [6.07, 6.45) is 2.34. The Labute approximate surface area is 114 Å². The summed E-state index contributed by atoms with van der Waals surface area (Å²) in [5, 5.41) is 3.64. The fourth-order valence-corrected chi connectivity index (χ4v) is 2.58. The minimum Gasteiger partial charge on any atom is -0.399 e. The largest absolute Gasteiger partial charge is 0.399 e. The molecule has 3 rings (SSSR count). The van der Waals surface area contributed by atoms with Gasteiger partial charge in [-0.3, -0.25) is 0 Å². The van der Waals surface area contributed by atoms with Gasteiger partial charge >= 0.3 is 0 Å². The van der Waals surface area contributed by atoms with Crippen molar-refractivity contribution in [3.63, 3.8) is 0 Å². The molecule has 2 unspecified atom stereocenters. The molecule has 3 N–H and O–H groups in total. The molecular formula is C17H20N2. The third-order valence-corrected chi connectivity index (χ3v) is 3.82. The van der Waals surface area contributed by atoms with Crippen LogP contribution in [0.25, 0.3) is 0 Å². The van der Waals surface area contributed by atoms with Crippen molar-refractivity contribution in [2.45, 2.75) is 24.8 Å². The standard InChI is InChI=1S/C17H20N2/c18-15-8-6-13(7-9-15)10-11-19-17-12-16(17)14-4-2-1-3-5-14/h1-9,16-17,19H,10-12,18H2. The molecule has 0 aliphatic heterocycles. The van der Waals surface area contributed by atoms with Crippen LogP contribution in [0.2, 0.25) is 0 Å². The fraction of sp³-hybridized carbons (Fsp3) is 0.294. The number of hydrogen-bond acceptors (Lipinski definition) is 2. The van der Waals surface area contributed by atoms with Crippen molar-refractivity contribution in [1.82, 2.24) is 5.32 Å². The van der Waals surface area contributed by atoms with Crippen LogP contribution in [0.4, 0.5) is 5.69 Å². The maximum absolute atomic E-state index is 5.68. The Bertz CT molecular complexity index is 519. The monoisotopic (exact) mass is 252 g/mol. The van der Waals surface area contributed by atoms with Crippen molar-refractivity contribution in [1.29, 1.82) is 0 Å². The van der Waals surface area contributed by atoms with E-state index in [0.717, 1.165) is 18.7 Å². The van der Waals surface area contributed by atoms with Crippen LogP contribution in [0.1, 0.15) is 23.5 Å². The van der Waals surface area contributed by atoms with Gasteiger partial charge in [0.15, 0.2) is 0 Å². The summed E-state index contributed by atoms with van der Waals surface area (Å²) in [6.45, 7) is 1.04. The van der Waals surface area contributed by atoms with Crippen molar-refractivity contribution < 1.29 is 0 Å². The van der Waals surface area contributed by atoms with E-state index >= 15 is 0 Å². The Hall–Kier alpha value is -1.80. The van der Waals surface area contributed by atoms with Gasteiger partial charge in [-0.1, -0.05) is 42.5 Å². The van der Waals surface area contributed by atoms with E-state index in [-0.39, 0.29) is 0 Å². The fourth-order valence-electron chi connectivity index (χ4n) is 2.58. The van der Waals surface area contributed by atoms with E-state index in [4.69, 9.17) is 5.73 Å². The summed E-state index contributed by atoms with van der Waals surface area (Å²) < 4.78 is 0. The zero-order chi connectivity index (χ0) is 13.1. The summed E-state index contributed by atoms with van der Waals surface area (Å²) in [6, 6.07) is 19.6. The molecule has 1 saturated carbocycles. The van der Waals surface area contributed by atoms with Crippen LogP contribution in [0.3, 0.4) is 0 Å². The second kappa shape index (κ2) is 5.45. The average molecular weight is 252 g/mol. The van der Waals surface area contributed by atoms with E-state index in [1.165, 1.54) is 17.5 Å². The number of anilines is 1. The minimum atomic E-state index is 0.663. The van der Waals surface area contributed by atoms with Crippen LogP contribution < -0.4 is 11.1 Å².